The van der Waals surface area contributed by atoms with Gasteiger partial charge in [0.1, 0.15) is 5.76 Å². The lowest BCUT2D eigenvalue weighted by atomic mass is 10.2. The van der Waals surface area contributed by atoms with E-state index in [-0.39, 0.29) is 0 Å². The Morgan fingerprint density at radius 2 is 2.27 bits per heavy atom. The fourth-order valence-corrected chi connectivity index (χ4v) is 1.36. The highest BCUT2D eigenvalue weighted by atomic mass is 16.4. The van der Waals surface area contributed by atoms with Crippen LogP contribution in [0.25, 0.3) is 0 Å². The number of hydrogen-bond acceptors (Lipinski definition) is 3. The molecule has 0 saturated heterocycles. The Hall–Kier alpha value is -0.830. The normalized spacial score (nSPS) is 11.2. The summed E-state index contributed by atoms with van der Waals surface area (Å²) in [5.74, 6) is 2.49. The summed E-state index contributed by atoms with van der Waals surface area (Å²) in [6.07, 6.45) is 5.23. The van der Waals surface area contributed by atoms with E-state index in [4.69, 9.17) is 4.42 Å². The Balaban J connectivity index is 2.26. The van der Waals surface area contributed by atoms with Gasteiger partial charge in [0, 0.05) is 6.42 Å². The molecule has 1 N–H and O–H groups in total. The van der Waals surface area contributed by atoms with Gasteiger partial charge in [0.2, 0.25) is 5.89 Å². The summed E-state index contributed by atoms with van der Waals surface area (Å²) >= 11 is 0. The van der Waals surface area contributed by atoms with Crippen molar-refractivity contribution in [3.8, 4) is 0 Å². The van der Waals surface area contributed by atoms with Crippen LogP contribution in [-0.4, -0.2) is 11.5 Å². The molecule has 1 aromatic rings. The maximum atomic E-state index is 5.59. The van der Waals surface area contributed by atoms with E-state index in [1.165, 1.54) is 12.8 Å². The Morgan fingerprint density at radius 1 is 1.47 bits per heavy atom. The lowest BCUT2D eigenvalue weighted by Gasteiger charge is -2.04. The molecule has 1 rings (SSSR count). The van der Waals surface area contributed by atoms with Crippen LogP contribution in [0.15, 0.2) is 10.6 Å². The fraction of sp³-hybridized carbons (Fsp3) is 0.750. The van der Waals surface area contributed by atoms with Crippen molar-refractivity contribution >= 4 is 0 Å². The van der Waals surface area contributed by atoms with Crippen molar-refractivity contribution in [1.29, 1.82) is 0 Å². The molecule has 0 aliphatic carbocycles. The van der Waals surface area contributed by atoms with Gasteiger partial charge in [0.15, 0.2) is 0 Å². The van der Waals surface area contributed by atoms with E-state index in [1.807, 2.05) is 6.20 Å². The molecule has 0 fully saturated rings. The number of aryl methyl sites for hydroxylation is 1. The third-order valence-electron chi connectivity index (χ3n) is 2.21. The summed E-state index contributed by atoms with van der Waals surface area (Å²) in [4.78, 5) is 4.24. The number of aromatic nitrogens is 1. The Kier molecular flexibility index (Phi) is 5.40. The predicted octanol–water partition coefficient (Wildman–Crippen LogP) is 2.76. The molecule has 0 radical (unpaired) electrons. The minimum absolute atomic E-state index is 0.666. The smallest absolute Gasteiger partial charge is 0.208 e. The number of nitrogens with one attached hydrogen (secondary N) is 1. The summed E-state index contributed by atoms with van der Waals surface area (Å²) < 4.78 is 5.59. The number of unbranched alkanes of at least 4 members (excludes halogenated alkanes) is 1. The zero-order valence-electron chi connectivity index (χ0n) is 10.0. The third kappa shape index (κ3) is 4.98. The van der Waals surface area contributed by atoms with Crippen LogP contribution >= 0.6 is 0 Å². The first-order valence-electron chi connectivity index (χ1n) is 5.86. The summed E-state index contributed by atoms with van der Waals surface area (Å²) in [5, 5.41) is 3.31. The van der Waals surface area contributed by atoms with Gasteiger partial charge >= 0.3 is 0 Å². The molecule has 0 amide bonds. The van der Waals surface area contributed by atoms with Crippen LogP contribution in [0.5, 0.6) is 0 Å². The number of nitrogens with zero attached hydrogens (tertiary/aromatic N) is 1. The molecule has 0 aromatic carbocycles. The van der Waals surface area contributed by atoms with Gasteiger partial charge in [0.25, 0.3) is 0 Å². The highest BCUT2D eigenvalue weighted by molar-refractivity contribution is 4.94. The molecular formula is C12H22N2O. The maximum absolute atomic E-state index is 5.59. The van der Waals surface area contributed by atoms with Gasteiger partial charge in [-0.05, 0) is 18.9 Å². The number of hydrogen-bond donors (Lipinski definition) is 1. The molecule has 86 valence electrons. The molecule has 0 aliphatic heterocycles. The van der Waals surface area contributed by atoms with Crippen molar-refractivity contribution in [1.82, 2.24) is 10.3 Å². The summed E-state index contributed by atoms with van der Waals surface area (Å²) in [6.45, 7) is 8.31. The quantitative estimate of drug-likeness (QED) is 0.752. The van der Waals surface area contributed by atoms with Crippen molar-refractivity contribution in [2.75, 3.05) is 6.54 Å². The van der Waals surface area contributed by atoms with E-state index in [1.54, 1.807) is 0 Å². The fourth-order valence-electron chi connectivity index (χ4n) is 1.36. The van der Waals surface area contributed by atoms with Crippen LogP contribution in [0.3, 0.4) is 0 Å². The lowest BCUT2D eigenvalue weighted by molar-refractivity contribution is 0.422. The van der Waals surface area contributed by atoms with Crippen molar-refractivity contribution in [3.05, 3.63) is 17.8 Å². The van der Waals surface area contributed by atoms with Gasteiger partial charge in [-0.25, -0.2) is 4.98 Å². The lowest BCUT2D eigenvalue weighted by Crippen LogP contribution is -2.19. The summed E-state index contributed by atoms with van der Waals surface area (Å²) in [5.41, 5.74) is 0. The van der Waals surface area contributed by atoms with Gasteiger partial charge in [-0.15, -0.1) is 0 Å². The monoisotopic (exact) mass is 210 g/mol. The van der Waals surface area contributed by atoms with Gasteiger partial charge < -0.3 is 9.73 Å². The SMILES string of the molecule is CCCCc1cnc(CNCC(C)C)o1. The van der Waals surface area contributed by atoms with E-state index in [0.717, 1.165) is 31.2 Å². The van der Waals surface area contributed by atoms with Crippen LogP contribution in [0, 0.1) is 5.92 Å². The molecule has 1 aromatic heterocycles. The zero-order valence-corrected chi connectivity index (χ0v) is 10.0. The molecule has 0 spiro atoms. The zero-order chi connectivity index (χ0) is 11.1. The van der Waals surface area contributed by atoms with Crippen molar-refractivity contribution in [3.63, 3.8) is 0 Å². The van der Waals surface area contributed by atoms with E-state index in [0.29, 0.717) is 5.92 Å². The molecule has 15 heavy (non-hydrogen) atoms. The Morgan fingerprint density at radius 3 is 2.93 bits per heavy atom. The molecule has 3 heteroatoms. The third-order valence-corrected chi connectivity index (χ3v) is 2.21. The molecule has 0 aliphatic rings. The largest absolute Gasteiger partial charge is 0.444 e. The predicted molar refractivity (Wildman–Crippen MR) is 61.7 cm³/mol. The number of oxazole rings is 1. The molecule has 0 saturated carbocycles. The van der Waals surface area contributed by atoms with Crippen LogP contribution in [-0.2, 0) is 13.0 Å². The Labute approximate surface area is 92.3 Å². The highest BCUT2D eigenvalue weighted by Crippen LogP contribution is 2.07. The van der Waals surface area contributed by atoms with E-state index >= 15 is 0 Å². The van der Waals surface area contributed by atoms with Crippen LogP contribution in [0.2, 0.25) is 0 Å². The second kappa shape index (κ2) is 6.62. The van der Waals surface area contributed by atoms with Gasteiger partial charge in [0.05, 0.1) is 12.7 Å². The van der Waals surface area contributed by atoms with Crippen LogP contribution in [0.1, 0.15) is 45.3 Å². The van der Waals surface area contributed by atoms with E-state index < -0.39 is 0 Å². The standard InChI is InChI=1S/C12H22N2O/c1-4-5-6-11-8-14-12(15-11)9-13-7-10(2)3/h8,10,13H,4-7,9H2,1-3H3. The first-order chi connectivity index (χ1) is 7.22. The minimum Gasteiger partial charge on any atom is -0.444 e. The highest BCUT2D eigenvalue weighted by Gasteiger charge is 2.03. The van der Waals surface area contributed by atoms with Crippen molar-refractivity contribution in [2.24, 2.45) is 5.92 Å². The second-order valence-electron chi connectivity index (χ2n) is 4.35. The molecule has 3 nitrogen and oxygen atoms in total. The van der Waals surface area contributed by atoms with Gasteiger partial charge in [-0.1, -0.05) is 27.2 Å². The Bertz CT molecular complexity index is 268. The topological polar surface area (TPSA) is 38.1 Å². The number of rotatable bonds is 7. The molecular weight excluding hydrogens is 188 g/mol. The maximum Gasteiger partial charge on any atom is 0.208 e. The average molecular weight is 210 g/mol. The van der Waals surface area contributed by atoms with Crippen molar-refractivity contribution < 1.29 is 4.42 Å². The van der Waals surface area contributed by atoms with Gasteiger partial charge in [-0.2, -0.15) is 0 Å². The van der Waals surface area contributed by atoms with Crippen LogP contribution < -0.4 is 5.32 Å². The van der Waals surface area contributed by atoms with E-state index in [2.05, 4.69) is 31.1 Å². The first-order valence-corrected chi connectivity index (χ1v) is 5.86. The molecule has 0 unspecified atom stereocenters. The average Bonchev–Trinajstić information content (AvgIpc) is 2.62. The van der Waals surface area contributed by atoms with Crippen LogP contribution in [0.4, 0.5) is 0 Å². The minimum atomic E-state index is 0.666. The molecule has 0 atom stereocenters. The molecule has 1 heterocycles. The van der Waals surface area contributed by atoms with E-state index in [9.17, 15) is 0 Å². The van der Waals surface area contributed by atoms with Gasteiger partial charge in [-0.3, -0.25) is 0 Å². The summed E-state index contributed by atoms with van der Waals surface area (Å²) in [6, 6.07) is 0. The van der Waals surface area contributed by atoms with Crippen molar-refractivity contribution in [2.45, 2.75) is 46.6 Å². The first kappa shape index (κ1) is 12.2. The molecule has 0 bridgehead atoms. The summed E-state index contributed by atoms with van der Waals surface area (Å²) in [7, 11) is 0. The second-order valence-corrected chi connectivity index (χ2v) is 4.35.